The number of urea groups is 1. The molecule has 11 nitrogen and oxygen atoms in total. The predicted octanol–water partition coefficient (Wildman–Crippen LogP) is 4.49. The molecule has 2 fully saturated rings. The molecule has 2 saturated heterocycles. The van der Waals surface area contributed by atoms with E-state index in [0.717, 1.165) is 27.5 Å². The van der Waals surface area contributed by atoms with Crippen molar-refractivity contribution < 1.29 is 33.0 Å². The van der Waals surface area contributed by atoms with E-state index in [2.05, 4.69) is 10.1 Å². The number of carbonyl (C=O) groups is 4. The zero-order valence-electron chi connectivity index (χ0n) is 28.1. The molecule has 2 aliphatic rings. The van der Waals surface area contributed by atoms with Crippen LogP contribution >= 0.6 is 0 Å². The number of ether oxygens (including phenoxy) is 2. The van der Waals surface area contributed by atoms with E-state index in [9.17, 15) is 23.6 Å². The Morgan fingerprint density at radius 1 is 0.940 bits per heavy atom. The molecule has 2 aliphatic heterocycles. The first-order valence-corrected chi connectivity index (χ1v) is 16.7. The number of amides is 4. The number of esters is 1. The summed E-state index contributed by atoms with van der Waals surface area (Å²) in [5.74, 6) is -0.824. The van der Waals surface area contributed by atoms with E-state index in [0.29, 0.717) is 25.3 Å². The second-order valence-corrected chi connectivity index (χ2v) is 12.4. The maximum atomic E-state index is 14.4. The molecule has 0 radical (unpaired) electrons. The summed E-state index contributed by atoms with van der Waals surface area (Å²) in [5.41, 5.74) is 2.52. The van der Waals surface area contributed by atoms with Crippen LogP contribution in [0.1, 0.15) is 30.0 Å². The number of rotatable bonds is 12. The lowest BCUT2D eigenvalue weighted by Crippen LogP contribution is -2.66. The van der Waals surface area contributed by atoms with Gasteiger partial charge in [0, 0.05) is 26.1 Å². The molecule has 260 valence electrons. The molecule has 1 N–H and O–H groups in total. The molecular weight excluding hydrogens is 641 g/mol. The number of benzene rings is 4. The smallest absolute Gasteiger partial charge is 0.343 e. The molecular formula is C38H40FN5O6. The standard InChI is InChI=1S/C38H40FN5O6/c1-3-19-42(38(48)40-21-27-11-15-30(39)16-12-27)43-24-35(45)44-33(20-26-13-17-31(18-14-26)50-25-36(46)49-2)37(47)41(23-34(43)44)22-29-9-6-8-28-7-4-5-10-32(28)29/h4-18,33-34H,3,19-25H2,1-2H3,(H,40,48)/t33-,34+/m0/s1. The van der Waals surface area contributed by atoms with Gasteiger partial charge in [-0.05, 0) is 58.1 Å². The average molecular weight is 682 g/mol. The van der Waals surface area contributed by atoms with Crippen LogP contribution in [-0.2, 0) is 38.6 Å². The van der Waals surface area contributed by atoms with Gasteiger partial charge in [0.2, 0.25) is 11.8 Å². The highest BCUT2D eigenvalue weighted by atomic mass is 19.1. The summed E-state index contributed by atoms with van der Waals surface area (Å²) in [6.07, 6.45) is 0.280. The van der Waals surface area contributed by atoms with Crippen molar-refractivity contribution in [2.24, 2.45) is 0 Å². The number of hydrogen-bond donors (Lipinski definition) is 1. The monoisotopic (exact) mass is 681 g/mol. The average Bonchev–Trinajstić information content (AvgIpc) is 3.46. The van der Waals surface area contributed by atoms with Crippen molar-refractivity contribution in [1.82, 2.24) is 25.1 Å². The van der Waals surface area contributed by atoms with Gasteiger partial charge in [-0.25, -0.2) is 14.0 Å². The fourth-order valence-electron chi connectivity index (χ4n) is 6.60. The summed E-state index contributed by atoms with van der Waals surface area (Å²) < 4.78 is 23.6. The predicted molar refractivity (Wildman–Crippen MR) is 184 cm³/mol. The van der Waals surface area contributed by atoms with Crippen LogP contribution in [0.5, 0.6) is 5.75 Å². The van der Waals surface area contributed by atoms with Gasteiger partial charge in [-0.2, -0.15) is 5.01 Å². The SMILES string of the molecule is CCCN(C(=O)NCc1ccc(F)cc1)N1CC(=O)N2[C@@H](Cc3ccc(OCC(=O)OC)cc3)C(=O)N(Cc3cccc4ccccc34)C[C@@H]21. The van der Waals surface area contributed by atoms with Crippen molar-refractivity contribution in [3.63, 3.8) is 0 Å². The number of fused-ring (bicyclic) bond motifs is 2. The van der Waals surface area contributed by atoms with Crippen molar-refractivity contribution in [3.8, 4) is 5.75 Å². The maximum absolute atomic E-state index is 14.4. The van der Waals surface area contributed by atoms with Gasteiger partial charge in [0.15, 0.2) is 6.61 Å². The molecule has 0 aliphatic carbocycles. The number of piperazine rings is 1. The largest absolute Gasteiger partial charge is 0.482 e. The summed E-state index contributed by atoms with van der Waals surface area (Å²) >= 11 is 0. The molecule has 12 heteroatoms. The van der Waals surface area contributed by atoms with Crippen molar-refractivity contribution in [2.45, 2.75) is 45.1 Å². The number of methoxy groups -OCH3 is 1. The second-order valence-electron chi connectivity index (χ2n) is 12.4. The third-order valence-corrected chi connectivity index (χ3v) is 9.08. The molecule has 0 unspecified atom stereocenters. The molecule has 0 spiro atoms. The van der Waals surface area contributed by atoms with Gasteiger partial charge >= 0.3 is 12.0 Å². The van der Waals surface area contributed by atoms with Crippen LogP contribution in [0, 0.1) is 5.82 Å². The lowest BCUT2D eigenvalue weighted by atomic mass is 9.99. The molecule has 0 aromatic heterocycles. The van der Waals surface area contributed by atoms with E-state index in [4.69, 9.17) is 4.74 Å². The minimum atomic E-state index is -0.825. The van der Waals surface area contributed by atoms with E-state index in [1.165, 1.54) is 19.2 Å². The van der Waals surface area contributed by atoms with Crippen molar-refractivity contribution in [1.29, 1.82) is 0 Å². The molecule has 2 heterocycles. The lowest BCUT2D eigenvalue weighted by Gasteiger charge is -2.46. The third kappa shape index (κ3) is 7.55. The van der Waals surface area contributed by atoms with Crippen molar-refractivity contribution >= 4 is 34.6 Å². The van der Waals surface area contributed by atoms with Crippen LogP contribution in [-0.4, -0.2) is 89.2 Å². The molecule has 2 atom stereocenters. The number of carbonyl (C=O) groups excluding carboxylic acids is 4. The Bertz CT molecular complexity index is 1850. The molecule has 0 bridgehead atoms. The van der Waals surface area contributed by atoms with Gasteiger partial charge < -0.3 is 24.6 Å². The zero-order chi connectivity index (χ0) is 35.2. The van der Waals surface area contributed by atoms with E-state index in [-0.39, 0.29) is 56.3 Å². The first kappa shape index (κ1) is 34.4. The zero-order valence-corrected chi connectivity index (χ0v) is 28.1. The summed E-state index contributed by atoms with van der Waals surface area (Å²) in [6.45, 7) is 2.72. The van der Waals surface area contributed by atoms with Crippen LogP contribution in [0.25, 0.3) is 10.8 Å². The van der Waals surface area contributed by atoms with Gasteiger partial charge in [-0.15, -0.1) is 0 Å². The number of hydrazine groups is 1. The minimum absolute atomic E-state index is 0.0686. The van der Waals surface area contributed by atoms with Crippen LogP contribution in [0.3, 0.4) is 0 Å². The first-order valence-electron chi connectivity index (χ1n) is 16.7. The fourth-order valence-corrected chi connectivity index (χ4v) is 6.60. The number of hydrogen-bond acceptors (Lipinski definition) is 7. The highest BCUT2D eigenvalue weighted by Gasteiger charge is 2.52. The van der Waals surface area contributed by atoms with Crippen LogP contribution in [0.15, 0.2) is 91.0 Å². The second kappa shape index (κ2) is 15.4. The van der Waals surface area contributed by atoms with Gasteiger partial charge in [-0.1, -0.05) is 73.7 Å². The fraction of sp³-hybridized carbons (Fsp3) is 0.316. The van der Waals surface area contributed by atoms with E-state index in [1.807, 2.05) is 61.5 Å². The molecule has 50 heavy (non-hydrogen) atoms. The van der Waals surface area contributed by atoms with E-state index < -0.39 is 18.2 Å². The quantitative estimate of drug-likeness (QED) is 0.220. The van der Waals surface area contributed by atoms with Crippen molar-refractivity contribution in [2.75, 3.05) is 33.4 Å². The Hall–Kier alpha value is -5.49. The highest BCUT2D eigenvalue weighted by molar-refractivity contribution is 5.92. The summed E-state index contributed by atoms with van der Waals surface area (Å²) in [4.78, 5) is 56.8. The highest BCUT2D eigenvalue weighted by Crippen LogP contribution is 2.31. The Labute approximate surface area is 290 Å². The Kier molecular flexibility index (Phi) is 10.6. The normalized spacial score (nSPS) is 17.5. The van der Waals surface area contributed by atoms with Gasteiger partial charge in [0.05, 0.1) is 20.2 Å². The summed E-state index contributed by atoms with van der Waals surface area (Å²) in [5, 5.41) is 8.35. The third-order valence-electron chi connectivity index (χ3n) is 9.08. The van der Waals surface area contributed by atoms with Crippen LogP contribution in [0.2, 0.25) is 0 Å². The van der Waals surface area contributed by atoms with E-state index in [1.54, 1.807) is 44.1 Å². The Morgan fingerprint density at radius 2 is 1.66 bits per heavy atom. The van der Waals surface area contributed by atoms with Gasteiger partial charge in [0.1, 0.15) is 23.8 Å². The molecule has 6 rings (SSSR count). The van der Waals surface area contributed by atoms with Crippen LogP contribution in [0.4, 0.5) is 9.18 Å². The molecule has 0 saturated carbocycles. The molecule has 4 amide bonds. The lowest BCUT2D eigenvalue weighted by molar-refractivity contribution is -0.157. The van der Waals surface area contributed by atoms with Gasteiger partial charge in [-0.3, -0.25) is 14.6 Å². The maximum Gasteiger partial charge on any atom is 0.343 e. The molecule has 4 aromatic rings. The Morgan fingerprint density at radius 3 is 2.40 bits per heavy atom. The topological polar surface area (TPSA) is 112 Å². The number of halogens is 1. The minimum Gasteiger partial charge on any atom is -0.482 e. The van der Waals surface area contributed by atoms with Gasteiger partial charge in [0.25, 0.3) is 0 Å². The van der Waals surface area contributed by atoms with Crippen molar-refractivity contribution in [3.05, 3.63) is 114 Å². The van der Waals surface area contributed by atoms with Crippen LogP contribution < -0.4 is 10.1 Å². The van der Waals surface area contributed by atoms with E-state index >= 15 is 0 Å². The summed E-state index contributed by atoms with van der Waals surface area (Å²) in [7, 11) is 1.29. The number of nitrogens with one attached hydrogen (secondary N) is 1. The molecule has 4 aromatic carbocycles. The Balaban J connectivity index is 1.28. The summed E-state index contributed by atoms with van der Waals surface area (Å²) in [6, 6.07) is 25.8. The number of nitrogens with zero attached hydrogens (tertiary/aromatic N) is 4. The first-order chi connectivity index (χ1) is 24.2.